The summed E-state index contributed by atoms with van der Waals surface area (Å²) in [5.74, 6) is -0.240. The zero-order valence-corrected chi connectivity index (χ0v) is 15.0. The molecule has 0 unspecified atom stereocenters. The first-order valence-corrected chi connectivity index (χ1v) is 8.96. The summed E-state index contributed by atoms with van der Waals surface area (Å²) in [6.07, 6.45) is 4.75. The first-order chi connectivity index (χ1) is 12.1. The van der Waals surface area contributed by atoms with Crippen molar-refractivity contribution in [1.29, 1.82) is 0 Å². The summed E-state index contributed by atoms with van der Waals surface area (Å²) < 4.78 is 2.14. The van der Waals surface area contributed by atoms with E-state index in [1.807, 2.05) is 18.2 Å². The lowest BCUT2D eigenvalue weighted by Gasteiger charge is -2.09. The molecule has 1 aromatic heterocycles. The van der Waals surface area contributed by atoms with Crippen LogP contribution in [0.1, 0.15) is 17.5 Å². The van der Waals surface area contributed by atoms with Crippen LogP contribution in [0, 0.1) is 0 Å². The quantitative estimate of drug-likeness (QED) is 0.737. The number of fused-ring (bicyclic) bond motifs is 2. The zero-order chi connectivity index (χ0) is 17.4. The lowest BCUT2D eigenvalue weighted by molar-refractivity contribution is -0.116. The van der Waals surface area contributed by atoms with Crippen molar-refractivity contribution in [2.45, 2.75) is 25.8 Å². The van der Waals surface area contributed by atoms with Crippen molar-refractivity contribution in [3.8, 4) is 0 Å². The van der Waals surface area contributed by atoms with Gasteiger partial charge in [-0.25, -0.2) is 4.98 Å². The molecule has 5 nitrogen and oxygen atoms in total. The van der Waals surface area contributed by atoms with E-state index in [0.29, 0.717) is 10.9 Å². The highest BCUT2D eigenvalue weighted by Gasteiger charge is 2.13. The molecule has 0 bridgehead atoms. The molecule has 1 amide bonds. The number of aromatic nitrogens is 2. The van der Waals surface area contributed by atoms with Crippen LogP contribution in [0.5, 0.6) is 0 Å². The molecule has 1 aliphatic rings. The standard InChI is InChI=1S/C19H16BrN3O2/c20-14-5-7-17-16(9-14)19(25)23(11-21-17)10-18(24)22-15-6-4-12-2-1-3-13(12)8-15/h4-9,11H,1-3,10H2,(H,22,24). The van der Waals surface area contributed by atoms with Gasteiger partial charge in [-0.1, -0.05) is 22.0 Å². The third-order valence-electron chi connectivity index (χ3n) is 4.48. The molecular weight excluding hydrogens is 382 g/mol. The van der Waals surface area contributed by atoms with E-state index in [4.69, 9.17) is 0 Å². The minimum absolute atomic E-state index is 0.0641. The fourth-order valence-electron chi connectivity index (χ4n) is 3.25. The summed E-state index contributed by atoms with van der Waals surface area (Å²) in [5, 5.41) is 3.36. The van der Waals surface area contributed by atoms with Crippen molar-refractivity contribution in [2.75, 3.05) is 5.32 Å². The van der Waals surface area contributed by atoms with Crippen LogP contribution in [0.4, 0.5) is 5.69 Å². The summed E-state index contributed by atoms with van der Waals surface area (Å²) in [5.41, 5.74) is 3.82. The Morgan fingerprint density at radius 1 is 1.16 bits per heavy atom. The highest BCUT2D eigenvalue weighted by atomic mass is 79.9. The Hall–Kier alpha value is -2.47. The minimum atomic E-state index is -0.240. The van der Waals surface area contributed by atoms with Crippen molar-refractivity contribution in [3.63, 3.8) is 0 Å². The minimum Gasteiger partial charge on any atom is -0.325 e. The lowest BCUT2D eigenvalue weighted by Crippen LogP contribution is -2.27. The first kappa shape index (κ1) is 16.0. The van der Waals surface area contributed by atoms with E-state index in [1.54, 1.807) is 12.1 Å². The van der Waals surface area contributed by atoms with Crippen molar-refractivity contribution < 1.29 is 4.79 Å². The van der Waals surface area contributed by atoms with Crippen LogP contribution >= 0.6 is 15.9 Å². The Labute approximate surface area is 152 Å². The number of nitrogens with zero attached hydrogens (tertiary/aromatic N) is 2. The molecule has 0 atom stereocenters. The Kier molecular flexibility index (Phi) is 4.13. The number of nitrogens with one attached hydrogen (secondary N) is 1. The number of hydrogen-bond acceptors (Lipinski definition) is 3. The van der Waals surface area contributed by atoms with E-state index in [-0.39, 0.29) is 18.0 Å². The molecule has 3 aromatic rings. The van der Waals surface area contributed by atoms with Gasteiger partial charge in [-0.3, -0.25) is 14.2 Å². The maximum absolute atomic E-state index is 12.5. The van der Waals surface area contributed by atoms with Crippen LogP contribution in [0.15, 0.2) is 52.0 Å². The average molecular weight is 398 g/mol. The summed E-state index contributed by atoms with van der Waals surface area (Å²) >= 11 is 3.36. The molecular formula is C19H16BrN3O2. The topological polar surface area (TPSA) is 64.0 Å². The van der Waals surface area contributed by atoms with Crippen molar-refractivity contribution in [1.82, 2.24) is 9.55 Å². The van der Waals surface area contributed by atoms with Gasteiger partial charge in [0, 0.05) is 10.2 Å². The molecule has 1 heterocycles. The number of carbonyl (C=O) groups is 1. The van der Waals surface area contributed by atoms with Crippen LogP contribution < -0.4 is 10.9 Å². The Morgan fingerprint density at radius 2 is 2.00 bits per heavy atom. The van der Waals surface area contributed by atoms with Gasteiger partial charge in [0.1, 0.15) is 6.54 Å². The zero-order valence-electron chi connectivity index (χ0n) is 13.5. The number of hydrogen-bond donors (Lipinski definition) is 1. The van der Waals surface area contributed by atoms with Crippen molar-refractivity contribution in [2.24, 2.45) is 0 Å². The second kappa shape index (κ2) is 6.44. The highest BCUT2D eigenvalue weighted by molar-refractivity contribution is 9.10. The summed E-state index contributed by atoms with van der Waals surface area (Å²) in [6, 6.07) is 11.3. The molecule has 1 aliphatic carbocycles. The molecule has 25 heavy (non-hydrogen) atoms. The van der Waals surface area contributed by atoms with Gasteiger partial charge in [0.2, 0.25) is 5.91 Å². The Morgan fingerprint density at radius 3 is 2.88 bits per heavy atom. The molecule has 0 saturated heterocycles. The van der Waals surface area contributed by atoms with Crippen LogP contribution in [-0.2, 0) is 24.2 Å². The molecule has 126 valence electrons. The van der Waals surface area contributed by atoms with E-state index in [2.05, 4.69) is 32.3 Å². The summed E-state index contributed by atoms with van der Waals surface area (Å²) in [6.45, 7) is -0.0641. The molecule has 6 heteroatoms. The van der Waals surface area contributed by atoms with Crippen LogP contribution in [0.2, 0.25) is 0 Å². The Balaban J connectivity index is 1.55. The van der Waals surface area contributed by atoms with E-state index >= 15 is 0 Å². The number of halogens is 1. The molecule has 0 saturated carbocycles. The number of rotatable bonds is 3. The van der Waals surface area contributed by atoms with E-state index in [9.17, 15) is 9.59 Å². The smallest absolute Gasteiger partial charge is 0.261 e. The second-order valence-electron chi connectivity index (χ2n) is 6.22. The number of benzene rings is 2. The second-order valence-corrected chi connectivity index (χ2v) is 7.14. The van der Waals surface area contributed by atoms with Gasteiger partial charge >= 0.3 is 0 Å². The van der Waals surface area contributed by atoms with Gasteiger partial charge in [0.05, 0.1) is 17.2 Å². The molecule has 0 fully saturated rings. The van der Waals surface area contributed by atoms with Gasteiger partial charge in [-0.2, -0.15) is 0 Å². The fraction of sp³-hybridized carbons (Fsp3) is 0.211. The highest BCUT2D eigenvalue weighted by Crippen LogP contribution is 2.24. The summed E-state index contributed by atoms with van der Waals surface area (Å²) in [4.78, 5) is 29.1. The number of carbonyl (C=O) groups excluding carboxylic acids is 1. The van der Waals surface area contributed by atoms with Crippen molar-refractivity contribution in [3.05, 3.63) is 68.7 Å². The average Bonchev–Trinajstić information content (AvgIpc) is 3.05. The molecule has 4 rings (SSSR count). The molecule has 0 radical (unpaired) electrons. The van der Waals surface area contributed by atoms with Crippen molar-refractivity contribution >= 4 is 38.4 Å². The third kappa shape index (κ3) is 3.22. The largest absolute Gasteiger partial charge is 0.325 e. The Bertz CT molecular complexity index is 1040. The third-order valence-corrected chi connectivity index (χ3v) is 4.98. The first-order valence-electron chi connectivity index (χ1n) is 8.16. The van der Waals surface area contributed by atoms with Gasteiger partial charge in [-0.05, 0) is 60.7 Å². The van der Waals surface area contributed by atoms with Crippen LogP contribution in [0.3, 0.4) is 0 Å². The normalized spacial score (nSPS) is 13.0. The van der Waals surface area contributed by atoms with Gasteiger partial charge in [-0.15, -0.1) is 0 Å². The van der Waals surface area contributed by atoms with Gasteiger partial charge < -0.3 is 5.32 Å². The maximum atomic E-state index is 12.5. The molecule has 0 aliphatic heterocycles. The predicted octanol–water partition coefficient (Wildman–Crippen LogP) is 3.29. The van der Waals surface area contributed by atoms with Gasteiger partial charge in [0.15, 0.2) is 0 Å². The molecule has 2 aromatic carbocycles. The predicted molar refractivity (Wildman–Crippen MR) is 101 cm³/mol. The number of amides is 1. The van der Waals surface area contributed by atoms with Gasteiger partial charge in [0.25, 0.3) is 5.56 Å². The SMILES string of the molecule is O=C(Cn1cnc2ccc(Br)cc2c1=O)Nc1ccc2c(c1)CCC2. The monoisotopic (exact) mass is 397 g/mol. The van der Waals surface area contributed by atoms with E-state index < -0.39 is 0 Å². The van der Waals surface area contributed by atoms with E-state index in [0.717, 1.165) is 23.0 Å². The van der Waals surface area contributed by atoms with Crippen LogP contribution in [0.25, 0.3) is 10.9 Å². The maximum Gasteiger partial charge on any atom is 0.261 e. The summed E-state index contributed by atoms with van der Waals surface area (Å²) in [7, 11) is 0. The number of aryl methyl sites for hydroxylation is 2. The fourth-order valence-corrected chi connectivity index (χ4v) is 3.61. The van der Waals surface area contributed by atoms with Crippen LogP contribution in [-0.4, -0.2) is 15.5 Å². The number of anilines is 1. The van der Waals surface area contributed by atoms with E-state index in [1.165, 1.54) is 28.4 Å². The molecule has 1 N–H and O–H groups in total. The lowest BCUT2D eigenvalue weighted by atomic mass is 10.1. The molecule has 0 spiro atoms.